The van der Waals surface area contributed by atoms with Crippen molar-refractivity contribution in [3.05, 3.63) is 36.0 Å². The van der Waals surface area contributed by atoms with Gasteiger partial charge in [-0.25, -0.2) is 8.78 Å². The van der Waals surface area contributed by atoms with Crippen LogP contribution in [-0.4, -0.2) is 77.7 Å². The molecule has 0 radical (unpaired) electrons. The van der Waals surface area contributed by atoms with Gasteiger partial charge in [-0.15, -0.1) is 0 Å². The number of carbonyl (C=O) groups is 1. The number of amidine groups is 1. The molecule has 2 aromatic rings. The topological polar surface area (TPSA) is 114 Å². The Hall–Kier alpha value is -3.01. The van der Waals surface area contributed by atoms with Crippen molar-refractivity contribution in [1.82, 2.24) is 20.1 Å². The third-order valence-corrected chi connectivity index (χ3v) is 5.32. The number of halogens is 2. The molecule has 2 heterocycles. The quantitative estimate of drug-likeness (QED) is 0.443. The van der Waals surface area contributed by atoms with Crippen LogP contribution in [0.3, 0.4) is 0 Å². The highest BCUT2D eigenvalue weighted by Gasteiger charge is 2.32. The van der Waals surface area contributed by atoms with Gasteiger partial charge in [-0.1, -0.05) is 18.2 Å². The number of H-pyrrole nitrogens is 1. The number of guanidine groups is 1. The Kier molecular flexibility index (Phi) is 6.66. The number of aliphatic imine (C=N–C) groups is 1. The van der Waals surface area contributed by atoms with Crippen molar-refractivity contribution in [2.75, 3.05) is 26.7 Å². The molecular weight excluding hydrogens is 392 g/mol. The molecule has 1 saturated heterocycles. The zero-order valence-corrected chi connectivity index (χ0v) is 17.0. The van der Waals surface area contributed by atoms with Crippen molar-refractivity contribution in [3.8, 4) is 0 Å². The number of aromatic amines is 1. The van der Waals surface area contributed by atoms with Gasteiger partial charge in [-0.05, 0) is 32.0 Å². The molecule has 8 nitrogen and oxygen atoms in total. The van der Waals surface area contributed by atoms with E-state index in [2.05, 4.69) is 15.3 Å². The highest BCUT2D eigenvalue weighted by atomic mass is 19.3. The molecule has 5 N–H and O–H groups in total. The SMILES string of the molecule is CC(Cc1c[nH]c2ccccc12)NC(=O)/C(N)=N/C(=N)N1CCN(C)C(C(F)F)C1. The van der Waals surface area contributed by atoms with E-state index >= 15 is 0 Å². The molecule has 2 unspecified atom stereocenters. The summed E-state index contributed by atoms with van der Waals surface area (Å²) in [7, 11) is 1.62. The molecule has 0 aliphatic carbocycles. The predicted molar refractivity (Wildman–Crippen MR) is 113 cm³/mol. The van der Waals surface area contributed by atoms with Gasteiger partial charge in [0.05, 0.1) is 6.04 Å². The van der Waals surface area contributed by atoms with E-state index in [-0.39, 0.29) is 24.4 Å². The van der Waals surface area contributed by atoms with E-state index in [1.807, 2.05) is 37.4 Å². The first-order valence-electron chi connectivity index (χ1n) is 9.78. The number of benzene rings is 1. The van der Waals surface area contributed by atoms with Crippen LogP contribution in [0.4, 0.5) is 8.78 Å². The first-order chi connectivity index (χ1) is 14.3. The molecule has 30 heavy (non-hydrogen) atoms. The Morgan fingerprint density at radius 1 is 1.40 bits per heavy atom. The van der Waals surface area contributed by atoms with Crippen molar-refractivity contribution in [3.63, 3.8) is 0 Å². The fourth-order valence-electron chi connectivity index (χ4n) is 3.58. The molecule has 1 aromatic heterocycles. The zero-order valence-electron chi connectivity index (χ0n) is 17.0. The molecule has 162 valence electrons. The molecule has 1 aliphatic rings. The summed E-state index contributed by atoms with van der Waals surface area (Å²) < 4.78 is 26.3. The van der Waals surface area contributed by atoms with Crippen LogP contribution in [0, 0.1) is 5.41 Å². The Balaban J connectivity index is 1.57. The molecule has 0 spiro atoms. The van der Waals surface area contributed by atoms with Gasteiger partial charge in [0, 0.05) is 42.8 Å². The summed E-state index contributed by atoms with van der Waals surface area (Å²) in [6.45, 7) is 2.56. The standard InChI is InChI=1S/C20H27F2N7O/c1-12(9-13-10-25-15-6-4-3-5-14(13)15)26-19(30)18(23)27-20(24)29-8-7-28(2)16(11-29)17(21)22/h3-6,10,12,16-17,25H,7-9,11H2,1-2H3,(H,26,30)(H3,23,24,27). The van der Waals surface area contributed by atoms with E-state index in [1.54, 1.807) is 11.9 Å². The summed E-state index contributed by atoms with van der Waals surface area (Å²) in [5.41, 5.74) is 7.85. The number of rotatable bonds is 4. The number of piperazine rings is 1. The van der Waals surface area contributed by atoms with Crippen molar-refractivity contribution < 1.29 is 13.6 Å². The maximum absolute atomic E-state index is 13.1. The summed E-state index contributed by atoms with van der Waals surface area (Å²) in [6.07, 6.45) is -0.0250. The van der Waals surface area contributed by atoms with Crippen LogP contribution in [0.15, 0.2) is 35.5 Å². The van der Waals surface area contributed by atoms with Gasteiger partial charge in [0.25, 0.3) is 12.3 Å². The van der Waals surface area contributed by atoms with Crippen LogP contribution < -0.4 is 11.1 Å². The highest BCUT2D eigenvalue weighted by molar-refractivity contribution is 6.38. The van der Waals surface area contributed by atoms with Gasteiger partial charge in [0.1, 0.15) is 0 Å². The number of nitrogens with zero attached hydrogens (tertiary/aromatic N) is 3. The third kappa shape index (κ3) is 4.93. The highest BCUT2D eigenvalue weighted by Crippen LogP contribution is 2.19. The number of amides is 1. The minimum Gasteiger partial charge on any atom is -0.379 e. The number of nitrogens with one attached hydrogen (secondary N) is 3. The molecule has 10 heteroatoms. The van der Waals surface area contributed by atoms with E-state index < -0.39 is 18.4 Å². The number of nitrogens with two attached hydrogens (primary N) is 1. The lowest BCUT2D eigenvalue weighted by Crippen LogP contribution is -2.55. The third-order valence-electron chi connectivity index (χ3n) is 5.32. The molecule has 0 bridgehead atoms. The van der Waals surface area contributed by atoms with E-state index in [0.29, 0.717) is 19.5 Å². The predicted octanol–water partition coefficient (Wildman–Crippen LogP) is 1.39. The van der Waals surface area contributed by atoms with Crippen LogP contribution in [-0.2, 0) is 11.2 Å². The number of hydrogen-bond donors (Lipinski definition) is 4. The summed E-state index contributed by atoms with van der Waals surface area (Å²) in [4.78, 5) is 22.4. The average molecular weight is 419 g/mol. The molecule has 1 amide bonds. The van der Waals surface area contributed by atoms with E-state index in [1.165, 1.54) is 4.90 Å². The lowest BCUT2D eigenvalue weighted by atomic mass is 10.1. The minimum absolute atomic E-state index is 0.0393. The van der Waals surface area contributed by atoms with Gasteiger partial charge in [-0.2, -0.15) is 4.99 Å². The normalized spacial score (nSPS) is 19.3. The molecular formula is C20H27F2N7O. The number of hydrogen-bond acceptors (Lipinski definition) is 3. The molecule has 2 atom stereocenters. The second-order valence-electron chi connectivity index (χ2n) is 7.59. The lowest BCUT2D eigenvalue weighted by Gasteiger charge is -2.39. The summed E-state index contributed by atoms with van der Waals surface area (Å²) in [5.74, 6) is -1.24. The molecule has 1 aromatic carbocycles. The van der Waals surface area contributed by atoms with Crippen LogP contribution >= 0.6 is 0 Å². The number of aromatic nitrogens is 1. The monoisotopic (exact) mass is 419 g/mol. The number of fused-ring (bicyclic) bond motifs is 1. The van der Waals surface area contributed by atoms with Crippen LogP contribution in [0.1, 0.15) is 12.5 Å². The Morgan fingerprint density at radius 3 is 2.87 bits per heavy atom. The largest absolute Gasteiger partial charge is 0.379 e. The van der Waals surface area contributed by atoms with E-state index in [9.17, 15) is 13.6 Å². The lowest BCUT2D eigenvalue weighted by molar-refractivity contribution is -0.115. The van der Waals surface area contributed by atoms with Crippen molar-refractivity contribution in [2.24, 2.45) is 10.7 Å². The van der Waals surface area contributed by atoms with Crippen LogP contribution in [0.25, 0.3) is 10.9 Å². The van der Waals surface area contributed by atoms with Gasteiger partial charge < -0.3 is 20.9 Å². The maximum Gasteiger partial charge on any atom is 0.286 e. The smallest absolute Gasteiger partial charge is 0.286 e. The van der Waals surface area contributed by atoms with Crippen molar-refractivity contribution >= 4 is 28.6 Å². The van der Waals surface area contributed by atoms with Gasteiger partial charge in [0.2, 0.25) is 5.96 Å². The Bertz CT molecular complexity index is 942. The maximum atomic E-state index is 13.1. The number of carbonyl (C=O) groups excluding carboxylic acids is 1. The Labute approximate surface area is 173 Å². The fraction of sp³-hybridized carbons (Fsp3) is 0.450. The second-order valence-corrected chi connectivity index (χ2v) is 7.59. The number of para-hydroxylation sites is 1. The average Bonchev–Trinajstić information content (AvgIpc) is 3.10. The summed E-state index contributed by atoms with van der Waals surface area (Å²) in [5, 5.41) is 11.9. The van der Waals surface area contributed by atoms with Crippen LogP contribution in [0.5, 0.6) is 0 Å². The van der Waals surface area contributed by atoms with Crippen molar-refractivity contribution in [1.29, 1.82) is 5.41 Å². The Morgan fingerprint density at radius 2 is 2.13 bits per heavy atom. The van der Waals surface area contributed by atoms with E-state index in [0.717, 1.165) is 16.5 Å². The van der Waals surface area contributed by atoms with Crippen LogP contribution in [0.2, 0.25) is 0 Å². The first kappa shape index (κ1) is 21.7. The van der Waals surface area contributed by atoms with E-state index in [4.69, 9.17) is 11.1 Å². The van der Waals surface area contributed by atoms with Gasteiger partial charge >= 0.3 is 0 Å². The summed E-state index contributed by atoms with van der Waals surface area (Å²) in [6, 6.07) is 6.69. The molecule has 3 rings (SSSR count). The minimum atomic E-state index is -2.53. The molecule has 1 fully saturated rings. The molecule has 1 aliphatic heterocycles. The zero-order chi connectivity index (χ0) is 21.8. The first-order valence-corrected chi connectivity index (χ1v) is 9.78. The summed E-state index contributed by atoms with van der Waals surface area (Å²) >= 11 is 0. The van der Waals surface area contributed by atoms with Gasteiger partial charge in [-0.3, -0.25) is 15.1 Å². The fourth-order valence-corrected chi connectivity index (χ4v) is 3.58. The van der Waals surface area contributed by atoms with Crippen molar-refractivity contribution in [2.45, 2.75) is 31.9 Å². The van der Waals surface area contributed by atoms with Gasteiger partial charge in [0.15, 0.2) is 5.84 Å². The number of alkyl halides is 2. The molecule has 0 saturated carbocycles. The number of likely N-dealkylation sites (N-methyl/N-ethyl adjacent to an activating group) is 1. The second kappa shape index (κ2) is 9.21.